The average Bonchev–Trinajstić information content (AvgIpc) is 2.34. The van der Waals surface area contributed by atoms with E-state index >= 15 is 0 Å². The molecule has 0 aromatic carbocycles. The summed E-state index contributed by atoms with van der Waals surface area (Å²) in [6.45, 7) is 0.300. The molecule has 0 saturated carbocycles. The van der Waals surface area contributed by atoms with E-state index in [1.54, 1.807) is 12.1 Å². The molecule has 1 aromatic heterocycles. The summed E-state index contributed by atoms with van der Waals surface area (Å²) in [7, 11) is 0. The Morgan fingerprint density at radius 3 is 3.11 bits per heavy atom. The molecule has 0 aliphatic rings. The number of furan rings is 1. The number of rotatable bonds is 3. The first-order valence-electron chi connectivity index (χ1n) is 2.70. The molecule has 50 valence electrons. The number of aliphatic hydroxyl groups is 1. The Bertz CT molecular complexity index is 145. The van der Waals surface area contributed by atoms with E-state index in [1.165, 1.54) is 6.26 Å². The third kappa shape index (κ3) is 1.77. The zero-order valence-electron chi connectivity index (χ0n) is 4.91. The molecule has 0 atom stereocenters. The van der Waals surface area contributed by atoms with Crippen LogP contribution in [0.2, 0.25) is 0 Å². The van der Waals surface area contributed by atoms with E-state index in [-0.39, 0.29) is 13.2 Å². The molecule has 0 saturated heterocycles. The summed E-state index contributed by atoms with van der Waals surface area (Å²) in [5.41, 5.74) is 0. The van der Waals surface area contributed by atoms with Gasteiger partial charge in [0.1, 0.15) is 6.61 Å². The summed E-state index contributed by atoms with van der Waals surface area (Å²) in [4.78, 5) is 0. The van der Waals surface area contributed by atoms with E-state index in [4.69, 9.17) is 14.3 Å². The summed E-state index contributed by atoms with van der Waals surface area (Å²) in [6.07, 6.45) is 1.52. The van der Waals surface area contributed by atoms with Gasteiger partial charge in [0.25, 0.3) is 5.95 Å². The van der Waals surface area contributed by atoms with Crippen molar-refractivity contribution in [2.75, 3.05) is 13.2 Å². The van der Waals surface area contributed by atoms with E-state index in [1.807, 2.05) is 0 Å². The van der Waals surface area contributed by atoms with Crippen molar-refractivity contribution in [1.82, 2.24) is 0 Å². The molecular weight excluding hydrogens is 120 g/mol. The molecule has 3 nitrogen and oxygen atoms in total. The average molecular weight is 128 g/mol. The molecule has 0 aliphatic heterocycles. The van der Waals surface area contributed by atoms with Crippen molar-refractivity contribution in [3.8, 4) is 5.95 Å². The minimum Gasteiger partial charge on any atom is -0.463 e. The molecule has 0 bridgehead atoms. The summed E-state index contributed by atoms with van der Waals surface area (Å²) in [6, 6.07) is 3.42. The van der Waals surface area contributed by atoms with Crippen LogP contribution in [0.15, 0.2) is 22.8 Å². The lowest BCUT2D eigenvalue weighted by Crippen LogP contribution is -2.00. The maximum atomic E-state index is 8.30. The Balaban J connectivity index is 2.30. The van der Waals surface area contributed by atoms with Crippen molar-refractivity contribution >= 4 is 0 Å². The molecule has 0 aliphatic carbocycles. The minimum absolute atomic E-state index is 0.0146. The van der Waals surface area contributed by atoms with Gasteiger partial charge < -0.3 is 14.3 Å². The van der Waals surface area contributed by atoms with Crippen LogP contribution < -0.4 is 4.74 Å². The molecule has 0 fully saturated rings. The van der Waals surface area contributed by atoms with Crippen LogP contribution >= 0.6 is 0 Å². The predicted octanol–water partition coefficient (Wildman–Crippen LogP) is 0.651. The quantitative estimate of drug-likeness (QED) is 0.649. The lowest BCUT2D eigenvalue weighted by Gasteiger charge is -1.95. The van der Waals surface area contributed by atoms with Gasteiger partial charge >= 0.3 is 0 Å². The van der Waals surface area contributed by atoms with Crippen molar-refractivity contribution in [2.45, 2.75) is 0 Å². The van der Waals surface area contributed by atoms with Crippen molar-refractivity contribution in [3.05, 3.63) is 18.4 Å². The van der Waals surface area contributed by atoms with Crippen molar-refractivity contribution in [1.29, 1.82) is 0 Å². The van der Waals surface area contributed by atoms with E-state index in [9.17, 15) is 0 Å². The molecule has 1 N–H and O–H groups in total. The van der Waals surface area contributed by atoms with E-state index in [0.717, 1.165) is 0 Å². The fourth-order valence-corrected chi connectivity index (χ4v) is 0.492. The zero-order valence-corrected chi connectivity index (χ0v) is 4.91. The van der Waals surface area contributed by atoms with Crippen molar-refractivity contribution in [2.24, 2.45) is 0 Å². The second-order valence-electron chi connectivity index (χ2n) is 1.50. The van der Waals surface area contributed by atoms with Gasteiger partial charge in [-0.25, -0.2) is 0 Å². The predicted molar refractivity (Wildman–Crippen MR) is 31.3 cm³/mol. The topological polar surface area (TPSA) is 42.6 Å². The molecule has 1 aromatic rings. The first kappa shape index (κ1) is 6.16. The van der Waals surface area contributed by atoms with Gasteiger partial charge in [-0.15, -0.1) is 0 Å². The van der Waals surface area contributed by atoms with Crippen LogP contribution in [0.4, 0.5) is 0 Å². The van der Waals surface area contributed by atoms with Gasteiger partial charge in [-0.05, 0) is 6.07 Å². The normalized spacial score (nSPS) is 9.44. The Kier molecular flexibility index (Phi) is 2.15. The van der Waals surface area contributed by atoms with Crippen LogP contribution in [0.25, 0.3) is 0 Å². The number of aliphatic hydroxyl groups excluding tert-OH is 1. The van der Waals surface area contributed by atoms with Gasteiger partial charge in [0, 0.05) is 6.07 Å². The Morgan fingerprint density at radius 2 is 2.56 bits per heavy atom. The van der Waals surface area contributed by atoms with E-state index < -0.39 is 0 Å². The summed E-state index contributed by atoms with van der Waals surface area (Å²) >= 11 is 0. The molecule has 1 heterocycles. The van der Waals surface area contributed by atoms with Crippen molar-refractivity contribution in [3.63, 3.8) is 0 Å². The highest BCUT2D eigenvalue weighted by Crippen LogP contribution is 2.08. The van der Waals surface area contributed by atoms with E-state index in [2.05, 4.69) is 0 Å². The van der Waals surface area contributed by atoms with Gasteiger partial charge in [-0.2, -0.15) is 0 Å². The molecule has 0 amide bonds. The highest BCUT2D eigenvalue weighted by atomic mass is 16.6. The van der Waals surface area contributed by atoms with Gasteiger partial charge in [0.2, 0.25) is 0 Å². The van der Waals surface area contributed by atoms with Crippen LogP contribution in [0.3, 0.4) is 0 Å². The summed E-state index contributed by atoms with van der Waals surface area (Å²) in [5.74, 6) is 0.448. The zero-order chi connectivity index (χ0) is 6.53. The largest absolute Gasteiger partial charge is 0.463 e. The summed E-state index contributed by atoms with van der Waals surface area (Å²) < 4.78 is 9.68. The second-order valence-corrected chi connectivity index (χ2v) is 1.50. The highest BCUT2D eigenvalue weighted by Gasteiger charge is 1.91. The third-order valence-corrected chi connectivity index (χ3v) is 0.831. The fourth-order valence-electron chi connectivity index (χ4n) is 0.492. The first-order valence-corrected chi connectivity index (χ1v) is 2.70. The Labute approximate surface area is 52.9 Å². The second kappa shape index (κ2) is 3.14. The SMILES string of the molecule is OCCOc1ccco1. The van der Waals surface area contributed by atoms with Crippen molar-refractivity contribution < 1.29 is 14.3 Å². The molecular formula is C6H8O3. The standard InChI is InChI=1S/C6H8O3/c7-3-5-9-6-2-1-4-8-6/h1-2,4,7H,3,5H2. The lowest BCUT2D eigenvalue weighted by molar-refractivity contribution is 0.172. The minimum atomic E-state index is 0.0146. The number of hydrogen-bond donors (Lipinski definition) is 1. The highest BCUT2D eigenvalue weighted by molar-refractivity contribution is 5.03. The molecule has 0 spiro atoms. The third-order valence-electron chi connectivity index (χ3n) is 0.831. The summed E-state index contributed by atoms with van der Waals surface area (Å²) in [5, 5.41) is 8.30. The first-order chi connectivity index (χ1) is 4.43. The maximum Gasteiger partial charge on any atom is 0.284 e. The molecule has 0 radical (unpaired) electrons. The van der Waals surface area contributed by atoms with Crippen LogP contribution in [-0.2, 0) is 0 Å². The molecule has 0 unspecified atom stereocenters. The smallest absolute Gasteiger partial charge is 0.284 e. The Morgan fingerprint density at radius 1 is 1.67 bits per heavy atom. The van der Waals surface area contributed by atoms with Crippen LogP contribution in [-0.4, -0.2) is 18.3 Å². The fraction of sp³-hybridized carbons (Fsp3) is 0.333. The number of hydrogen-bond acceptors (Lipinski definition) is 3. The molecule has 1 rings (SSSR count). The van der Waals surface area contributed by atoms with Gasteiger partial charge in [0.15, 0.2) is 0 Å². The molecule has 3 heteroatoms. The van der Waals surface area contributed by atoms with E-state index in [0.29, 0.717) is 5.95 Å². The van der Waals surface area contributed by atoms with Crippen LogP contribution in [0.1, 0.15) is 0 Å². The van der Waals surface area contributed by atoms with Gasteiger partial charge in [-0.1, -0.05) is 0 Å². The monoisotopic (exact) mass is 128 g/mol. The van der Waals surface area contributed by atoms with Crippen LogP contribution in [0, 0.1) is 0 Å². The van der Waals surface area contributed by atoms with Gasteiger partial charge in [0.05, 0.1) is 12.9 Å². The maximum absolute atomic E-state index is 8.30. The van der Waals surface area contributed by atoms with Gasteiger partial charge in [-0.3, -0.25) is 0 Å². The van der Waals surface area contributed by atoms with Crippen LogP contribution in [0.5, 0.6) is 5.95 Å². The molecule has 9 heavy (non-hydrogen) atoms. The number of ether oxygens (including phenoxy) is 1. The Hall–Kier alpha value is -0.960. The lowest BCUT2D eigenvalue weighted by atomic mass is 10.6.